The van der Waals surface area contributed by atoms with E-state index in [0.29, 0.717) is 17.0 Å². The van der Waals surface area contributed by atoms with Gasteiger partial charge in [-0.05, 0) is 59.6 Å². The zero-order chi connectivity index (χ0) is 26.9. The minimum Gasteiger partial charge on any atom is -0.488 e. The van der Waals surface area contributed by atoms with E-state index in [1.165, 1.54) is 6.92 Å². The van der Waals surface area contributed by atoms with Crippen molar-refractivity contribution in [2.75, 3.05) is 5.32 Å². The van der Waals surface area contributed by atoms with Gasteiger partial charge in [-0.15, -0.1) is 0 Å². The topological polar surface area (TPSA) is 56.2 Å². The number of aryl methyl sites for hydroxylation is 1. The minimum absolute atomic E-state index is 0.210. The number of carbonyl (C=O) groups is 1. The van der Waals surface area contributed by atoms with Gasteiger partial charge in [0, 0.05) is 5.56 Å². The van der Waals surface area contributed by atoms with Crippen molar-refractivity contribution in [3.05, 3.63) is 110 Å². The maximum atomic E-state index is 14.1. The van der Waals surface area contributed by atoms with Crippen molar-refractivity contribution >= 4 is 27.5 Å². The summed E-state index contributed by atoms with van der Waals surface area (Å²) in [5, 5.41) is 6.82. The fourth-order valence-electron chi connectivity index (χ4n) is 3.68. The largest absolute Gasteiger partial charge is 0.488 e. The van der Waals surface area contributed by atoms with Crippen molar-refractivity contribution in [1.29, 1.82) is 0 Å². The molecular weight excluding hydrogens is 561 g/mol. The number of ether oxygens (including phenoxy) is 1. The lowest BCUT2D eigenvalue weighted by atomic mass is 10.1. The lowest BCUT2D eigenvalue weighted by Crippen LogP contribution is -2.15. The third kappa shape index (κ3) is 5.36. The van der Waals surface area contributed by atoms with Crippen molar-refractivity contribution in [1.82, 2.24) is 9.78 Å². The molecule has 0 aliphatic heterocycles. The molecular formula is C26H19BrF5N3O2. The first-order valence-electron chi connectivity index (χ1n) is 10.9. The number of rotatable bonds is 7. The number of carbonyl (C=O) groups excluding carboxylic acids is 1. The molecule has 1 N–H and O–H groups in total. The van der Waals surface area contributed by atoms with Gasteiger partial charge in [0.1, 0.15) is 12.4 Å². The summed E-state index contributed by atoms with van der Waals surface area (Å²) in [7, 11) is 0. The molecule has 5 nitrogen and oxygen atoms in total. The molecule has 4 rings (SSSR count). The van der Waals surface area contributed by atoms with E-state index in [-0.39, 0.29) is 18.0 Å². The lowest BCUT2D eigenvalue weighted by molar-refractivity contribution is 0.102. The number of benzene rings is 3. The van der Waals surface area contributed by atoms with Gasteiger partial charge in [0.2, 0.25) is 5.82 Å². The SMILES string of the molecule is Cc1nn(Cc2c(F)c(F)c(F)c(F)c2F)c(C)c1NC(=O)c1cccc(COc2ccccc2Br)c1. The normalized spacial score (nSPS) is 11.0. The van der Waals surface area contributed by atoms with Gasteiger partial charge in [0.25, 0.3) is 5.91 Å². The van der Waals surface area contributed by atoms with Gasteiger partial charge in [-0.1, -0.05) is 24.3 Å². The number of nitrogens with zero attached hydrogens (tertiary/aromatic N) is 2. The van der Waals surface area contributed by atoms with E-state index in [1.807, 2.05) is 18.2 Å². The third-order valence-electron chi connectivity index (χ3n) is 5.65. The van der Waals surface area contributed by atoms with Crippen molar-refractivity contribution < 1.29 is 31.5 Å². The molecule has 0 fully saturated rings. The van der Waals surface area contributed by atoms with Crippen LogP contribution in [-0.2, 0) is 13.2 Å². The predicted molar refractivity (Wildman–Crippen MR) is 130 cm³/mol. The molecule has 37 heavy (non-hydrogen) atoms. The smallest absolute Gasteiger partial charge is 0.255 e. The number of para-hydroxylation sites is 1. The quantitative estimate of drug-likeness (QED) is 0.148. The molecule has 0 saturated heterocycles. The molecule has 192 valence electrons. The first-order chi connectivity index (χ1) is 17.6. The van der Waals surface area contributed by atoms with Gasteiger partial charge in [-0.25, -0.2) is 22.0 Å². The van der Waals surface area contributed by atoms with Crippen LogP contribution in [-0.4, -0.2) is 15.7 Å². The Hall–Kier alpha value is -3.73. The average molecular weight is 580 g/mol. The van der Waals surface area contributed by atoms with Crippen LogP contribution in [0.5, 0.6) is 5.75 Å². The molecule has 11 heteroatoms. The van der Waals surface area contributed by atoms with Crippen molar-refractivity contribution in [3.63, 3.8) is 0 Å². The summed E-state index contributed by atoms with van der Waals surface area (Å²) >= 11 is 3.41. The van der Waals surface area contributed by atoms with E-state index in [1.54, 1.807) is 37.3 Å². The van der Waals surface area contributed by atoms with E-state index in [4.69, 9.17) is 4.74 Å². The Morgan fingerprint density at radius 2 is 1.59 bits per heavy atom. The zero-order valence-electron chi connectivity index (χ0n) is 19.5. The Kier molecular flexibility index (Phi) is 7.63. The average Bonchev–Trinajstić information content (AvgIpc) is 3.15. The Bertz CT molecular complexity index is 1480. The molecule has 3 aromatic carbocycles. The Morgan fingerprint density at radius 1 is 0.946 bits per heavy atom. The van der Waals surface area contributed by atoms with Crippen LogP contribution in [0.25, 0.3) is 0 Å². The van der Waals surface area contributed by atoms with E-state index in [2.05, 4.69) is 26.3 Å². The first kappa shape index (κ1) is 26.3. The number of hydrogen-bond acceptors (Lipinski definition) is 3. The molecule has 0 spiro atoms. The highest BCUT2D eigenvalue weighted by atomic mass is 79.9. The summed E-state index contributed by atoms with van der Waals surface area (Å²) in [6, 6.07) is 14.1. The second kappa shape index (κ2) is 10.7. The monoisotopic (exact) mass is 579 g/mol. The Morgan fingerprint density at radius 3 is 2.27 bits per heavy atom. The van der Waals surface area contributed by atoms with Crippen molar-refractivity contribution in [2.24, 2.45) is 0 Å². The number of amides is 1. The third-order valence-corrected chi connectivity index (χ3v) is 6.30. The van der Waals surface area contributed by atoms with E-state index < -0.39 is 47.1 Å². The Labute approximate surface area is 217 Å². The van der Waals surface area contributed by atoms with Crippen LogP contribution in [0.2, 0.25) is 0 Å². The molecule has 0 bridgehead atoms. The van der Waals surface area contributed by atoms with Gasteiger partial charge in [0.05, 0.1) is 33.7 Å². The number of anilines is 1. The summed E-state index contributed by atoms with van der Waals surface area (Å²) in [6.45, 7) is 2.53. The highest BCUT2D eigenvalue weighted by Gasteiger charge is 2.27. The maximum absolute atomic E-state index is 14.1. The summed E-state index contributed by atoms with van der Waals surface area (Å²) in [5.41, 5.74) is 0.839. The second-order valence-corrected chi connectivity index (χ2v) is 8.98. The highest BCUT2D eigenvalue weighted by molar-refractivity contribution is 9.10. The van der Waals surface area contributed by atoms with Gasteiger partial charge in [0.15, 0.2) is 23.3 Å². The molecule has 0 aliphatic rings. The van der Waals surface area contributed by atoms with Crippen molar-refractivity contribution in [3.8, 4) is 5.75 Å². The summed E-state index contributed by atoms with van der Waals surface area (Å²) in [6.07, 6.45) is 0. The zero-order valence-corrected chi connectivity index (χ0v) is 21.1. The van der Waals surface area contributed by atoms with Crippen LogP contribution < -0.4 is 10.1 Å². The number of aromatic nitrogens is 2. The molecule has 0 aliphatic carbocycles. The van der Waals surface area contributed by atoms with Gasteiger partial charge in [-0.3, -0.25) is 9.48 Å². The first-order valence-corrected chi connectivity index (χ1v) is 11.7. The van der Waals surface area contributed by atoms with Crippen LogP contribution in [0, 0.1) is 42.9 Å². The number of hydrogen-bond donors (Lipinski definition) is 1. The summed E-state index contributed by atoms with van der Waals surface area (Å²) in [5.74, 6) is -10.0. The van der Waals surface area contributed by atoms with Crippen LogP contribution in [0.15, 0.2) is 53.0 Å². The fraction of sp³-hybridized carbons (Fsp3) is 0.154. The molecule has 0 atom stereocenters. The minimum atomic E-state index is -2.23. The Balaban J connectivity index is 1.52. The fourth-order valence-corrected chi connectivity index (χ4v) is 4.08. The predicted octanol–water partition coefficient (Wildman–Crippen LogP) is 6.84. The lowest BCUT2D eigenvalue weighted by Gasteiger charge is -2.11. The van der Waals surface area contributed by atoms with Crippen LogP contribution in [0.4, 0.5) is 27.6 Å². The van der Waals surface area contributed by atoms with E-state index >= 15 is 0 Å². The molecule has 0 saturated carbocycles. The number of halogens is 6. The molecule has 0 radical (unpaired) electrons. The summed E-state index contributed by atoms with van der Waals surface area (Å²) < 4.78 is 76.5. The van der Waals surface area contributed by atoms with Gasteiger partial charge < -0.3 is 10.1 Å². The summed E-state index contributed by atoms with van der Waals surface area (Å²) in [4.78, 5) is 12.9. The van der Waals surface area contributed by atoms with Crippen LogP contribution in [0.3, 0.4) is 0 Å². The highest BCUT2D eigenvalue weighted by Crippen LogP contribution is 2.27. The van der Waals surface area contributed by atoms with Gasteiger partial charge in [-0.2, -0.15) is 5.10 Å². The van der Waals surface area contributed by atoms with E-state index in [0.717, 1.165) is 14.7 Å². The second-order valence-electron chi connectivity index (χ2n) is 8.13. The van der Waals surface area contributed by atoms with Gasteiger partial charge >= 0.3 is 0 Å². The molecule has 0 unspecified atom stereocenters. The standard InChI is InChI=1S/C26H19BrF5N3O2/c1-13-25(14(2)35(34-13)11-17-20(28)22(30)24(32)23(31)21(17)29)33-26(36)16-7-5-6-15(10-16)12-37-19-9-4-3-8-18(19)27/h3-10H,11-12H2,1-2H3,(H,33,36). The molecule has 1 heterocycles. The molecule has 1 aromatic heterocycles. The number of nitrogens with one attached hydrogen (secondary N) is 1. The van der Waals surface area contributed by atoms with E-state index in [9.17, 15) is 26.7 Å². The van der Waals surface area contributed by atoms with Crippen molar-refractivity contribution in [2.45, 2.75) is 27.0 Å². The maximum Gasteiger partial charge on any atom is 0.255 e. The van der Waals surface area contributed by atoms with Crippen LogP contribution >= 0.6 is 15.9 Å². The van der Waals surface area contributed by atoms with Crippen LogP contribution in [0.1, 0.15) is 32.9 Å². The molecule has 1 amide bonds. The molecule has 4 aromatic rings.